The molecular weight excluding hydrogens is 816 g/mol. The van der Waals surface area contributed by atoms with Crippen LogP contribution in [0.4, 0.5) is 34.1 Å². The van der Waals surface area contributed by atoms with Crippen molar-refractivity contribution in [3.8, 4) is 11.1 Å². The molecule has 0 amide bonds. The van der Waals surface area contributed by atoms with Crippen molar-refractivity contribution in [2.45, 2.75) is 150 Å². The van der Waals surface area contributed by atoms with E-state index in [9.17, 15) is 0 Å². The number of furan rings is 1. The van der Waals surface area contributed by atoms with E-state index in [2.05, 4.69) is 222 Å². The lowest BCUT2D eigenvalue weighted by atomic mass is 9.35. The van der Waals surface area contributed by atoms with Gasteiger partial charge in [0.05, 0.1) is 20.1 Å². The molecule has 10 rings (SSSR count). The third-order valence-electron chi connectivity index (χ3n) is 16.2. The summed E-state index contributed by atoms with van der Waals surface area (Å²) in [6, 6.07) is 42.7. The summed E-state index contributed by atoms with van der Waals surface area (Å²) in [6.45, 7) is 35.9. The summed E-state index contributed by atoms with van der Waals surface area (Å²) >= 11 is 0. The third kappa shape index (κ3) is 6.88. The molecule has 0 fully saturated rings. The largest absolute Gasteiger partial charge is 0.468 e. The number of hydrogen-bond donors (Lipinski definition) is 0. The fourth-order valence-corrected chi connectivity index (χ4v) is 13.6. The third-order valence-corrected chi connectivity index (χ3v) is 17.9. The Kier molecular flexibility index (Phi) is 10.4. The summed E-state index contributed by atoms with van der Waals surface area (Å²) in [5.41, 5.74) is 23.2. The Morgan fingerprint density at radius 2 is 1.35 bits per heavy atom. The topological polar surface area (TPSA) is 19.6 Å². The maximum atomic E-state index is 7.70. The van der Waals surface area contributed by atoms with Gasteiger partial charge in [-0.05, 0) is 163 Å². The number of benzene rings is 6. The van der Waals surface area contributed by atoms with E-state index in [1.54, 1.807) is 0 Å². The van der Waals surface area contributed by atoms with Gasteiger partial charge in [0.1, 0.15) is 5.58 Å². The first-order valence-electron chi connectivity index (χ1n) is 25.0. The van der Waals surface area contributed by atoms with Gasteiger partial charge in [0.2, 0.25) is 0 Å². The van der Waals surface area contributed by atoms with Gasteiger partial charge in [-0.3, -0.25) is 0 Å². The van der Waals surface area contributed by atoms with Crippen LogP contribution in [-0.4, -0.2) is 15.5 Å². The molecule has 3 heterocycles. The molecule has 7 aromatic rings. The molecule has 0 radical (unpaired) electrons. The van der Waals surface area contributed by atoms with Crippen LogP contribution in [0.5, 0.6) is 0 Å². The van der Waals surface area contributed by atoms with Crippen LogP contribution in [0.3, 0.4) is 0 Å². The lowest BCUT2D eigenvalue weighted by Gasteiger charge is -2.44. The van der Waals surface area contributed by atoms with E-state index >= 15 is 0 Å². The van der Waals surface area contributed by atoms with Gasteiger partial charge in [-0.15, -0.1) is 0 Å². The number of aryl methyl sites for hydroxylation is 1. The van der Waals surface area contributed by atoms with Gasteiger partial charge in [-0.1, -0.05) is 157 Å². The molecular formula is C61H71BN2OSi. The van der Waals surface area contributed by atoms with E-state index in [-0.39, 0.29) is 28.4 Å². The number of nitrogens with zero attached hydrogens (tertiary/aromatic N) is 2. The van der Waals surface area contributed by atoms with E-state index in [4.69, 9.17) is 4.42 Å². The number of anilines is 6. The van der Waals surface area contributed by atoms with Crippen molar-refractivity contribution in [2.24, 2.45) is 0 Å². The van der Waals surface area contributed by atoms with Crippen molar-refractivity contribution in [3.63, 3.8) is 0 Å². The number of hydrogen-bond acceptors (Lipinski definition) is 3. The maximum Gasteiger partial charge on any atom is 0.297 e. The van der Waals surface area contributed by atoms with E-state index in [0.29, 0.717) is 5.92 Å². The van der Waals surface area contributed by atoms with Gasteiger partial charge >= 0.3 is 0 Å². The molecule has 0 bridgehead atoms. The fourth-order valence-electron chi connectivity index (χ4n) is 11.9. The Morgan fingerprint density at radius 1 is 0.712 bits per heavy atom. The zero-order chi connectivity index (χ0) is 47.0. The highest BCUT2D eigenvalue weighted by Gasteiger charge is 2.49. The molecule has 0 saturated heterocycles. The van der Waals surface area contributed by atoms with Crippen LogP contribution >= 0.6 is 0 Å². The zero-order valence-corrected chi connectivity index (χ0v) is 43.7. The Balaban J connectivity index is 1.37. The Labute approximate surface area is 398 Å². The molecule has 3 aliphatic rings. The van der Waals surface area contributed by atoms with Crippen LogP contribution < -0.4 is 31.6 Å². The Morgan fingerprint density at radius 3 is 1.95 bits per heavy atom. The van der Waals surface area contributed by atoms with Crippen molar-refractivity contribution in [2.75, 3.05) is 9.80 Å². The van der Waals surface area contributed by atoms with Crippen LogP contribution in [-0.2, 0) is 21.7 Å². The molecule has 1 aliphatic carbocycles. The molecule has 0 atom stereocenters. The fraction of sp³-hybridized carbons (Fsp3) is 0.377. The molecule has 1 aromatic heterocycles. The standard InChI is InChI=1S/C61H71BN2OSi/c1-16-59(8,9)45-35-48-50(34-43(45)37(2)3)63(41-27-25-40(26-28-41)58(5,6)7)51-31-38(4)32-52-54(51)62(48)57-55(44-33-46-47(36-53(44)65-57)61(12,13)30-29-60(46,10)11)64(52)49-24-20-23-42(56(49)66(14)15)39-21-18-17-19-22-39/h17-28,31-37,66H,16,29-30H2,1-15H3. The van der Waals surface area contributed by atoms with Crippen molar-refractivity contribution in [1.29, 1.82) is 0 Å². The molecule has 0 unspecified atom stereocenters. The van der Waals surface area contributed by atoms with Crippen LogP contribution in [0.1, 0.15) is 142 Å². The van der Waals surface area contributed by atoms with E-state index in [1.807, 2.05) is 0 Å². The highest BCUT2D eigenvalue weighted by molar-refractivity contribution is 7.00. The van der Waals surface area contributed by atoms with E-state index < -0.39 is 8.80 Å². The zero-order valence-electron chi connectivity index (χ0n) is 42.5. The molecule has 0 saturated carbocycles. The highest BCUT2D eigenvalue weighted by Crippen LogP contribution is 2.52. The van der Waals surface area contributed by atoms with Gasteiger partial charge in [0, 0.05) is 33.8 Å². The summed E-state index contributed by atoms with van der Waals surface area (Å²) < 4.78 is 7.70. The van der Waals surface area contributed by atoms with E-state index in [1.165, 1.54) is 100 Å². The monoisotopic (exact) mass is 887 g/mol. The summed E-state index contributed by atoms with van der Waals surface area (Å²) in [4.78, 5) is 5.28. The smallest absolute Gasteiger partial charge is 0.297 e. The minimum absolute atomic E-state index is 0.0213. The van der Waals surface area contributed by atoms with E-state index in [0.717, 1.165) is 30.5 Å². The van der Waals surface area contributed by atoms with Gasteiger partial charge in [0.15, 0.2) is 0 Å². The summed E-state index contributed by atoms with van der Waals surface area (Å²) in [5.74, 6) is 0.354. The molecule has 5 heteroatoms. The SMILES string of the molecule is CCC(C)(C)c1cc2c(cc1C(C)C)N(c1ccc(C(C)(C)C)cc1)c1cc(C)cc3c1B2c1oc2cc4c(cc2c1N3c1cccc(-c2ccccc2)c1[SiH](C)C)C(C)(C)CCC4(C)C. The summed E-state index contributed by atoms with van der Waals surface area (Å²) in [7, 11) is -1.48. The van der Waals surface area contributed by atoms with Crippen molar-refractivity contribution >= 4 is 82.4 Å². The summed E-state index contributed by atoms with van der Waals surface area (Å²) in [5, 5.41) is 2.70. The van der Waals surface area contributed by atoms with Crippen molar-refractivity contribution in [3.05, 3.63) is 143 Å². The van der Waals surface area contributed by atoms with Gasteiger partial charge in [0.25, 0.3) is 6.71 Å². The molecule has 3 nitrogen and oxygen atoms in total. The molecule has 2 aliphatic heterocycles. The predicted octanol–water partition coefficient (Wildman–Crippen LogP) is 14.6. The number of fused-ring (bicyclic) bond motifs is 7. The van der Waals surface area contributed by atoms with Gasteiger partial charge in [-0.25, -0.2) is 0 Å². The quantitative estimate of drug-likeness (QED) is 0.149. The minimum atomic E-state index is -1.48. The average molecular weight is 887 g/mol. The van der Waals surface area contributed by atoms with Crippen LogP contribution in [0.2, 0.25) is 13.1 Å². The predicted molar refractivity (Wildman–Crippen MR) is 290 cm³/mol. The maximum absolute atomic E-state index is 7.70. The van der Waals surface area contributed by atoms with Gasteiger partial charge in [-0.2, -0.15) is 0 Å². The Bertz CT molecular complexity index is 3050. The molecule has 0 N–H and O–H groups in total. The lowest BCUT2D eigenvalue weighted by Crippen LogP contribution is -2.61. The van der Waals surface area contributed by atoms with Crippen molar-refractivity contribution < 1.29 is 4.42 Å². The molecule has 6 aromatic carbocycles. The first kappa shape index (κ1) is 44.6. The molecule has 338 valence electrons. The highest BCUT2D eigenvalue weighted by atomic mass is 28.3. The first-order chi connectivity index (χ1) is 31.1. The second-order valence-corrected chi connectivity index (χ2v) is 26.6. The lowest BCUT2D eigenvalue weighted by molar-refractivity contribution is 0.332. The van der Waals surface area contributed by atoms with Crippen molar-refractivity contribution in [1.82, 2.24) is 0 Å². The average Bonchev–Trinajstić information content (AvgIpc) is 3.65. The van der Waals surface area contributed by atoms with Crippen LogP contribution in [0, 0.1) is 6.92 Å². The normalized spacial score (nSPS) is 16.2. The Hall–Kier alpha value is -5.26. The van der Waals surface area contributed by atoms with Gasteiger partial charge < -0.3 is 14.2 Å². The first-order valence-corrected chi connectivity index (χ1v) is 27.8. The molecule has 66 heavy (non-hydrogen) atoms. The van der Waals surface area contributed by atoms with Crippen LogP contribution in [0.25, 0.3) is 22.1 Å². The molecule has 0 spiro atoms. The second-order valence-electron chi connectivity index (χ2n) is 23.7. The second kappa shape index (κ2) is 15.4. The summed E-state index contributed by atoms with van der Waals surface area (Å²) in [6.07, 6.45) is 3.37. The van der Waals surface area contributed by atoms with Crippen LogP contribution in [0.15, 0.2) is 114 Å². The minimum Gasteiger partial charge on any atom is -0.468 e. The number of rotatable bonds is 7.